The van der Waals surface area contributed by atoms with E-state index in [4.69, 9.17) is 9.26 Å². The molecule has 1 aliphatic rings. The second-order valence-corrected chi connectivity index (χ2v) is 6.70. The van der Waals surface area contributed by atoms with Crippen molar-refractivity contribution in [3.8, 4) is 5.88 Å². The van der Waals surface area contributed by atoms with Gasteiger partial charge in [0.1, 0.15) is 5.76 Å². The summed E-state index contributed by atoms with van der Waals surface area (Å²) in [5.74, 6) is 1.83. The molecule has 0 bridgehead atoms. The normalized spacial score (nSPS) is 17.5. The third kappa shape index (κ3) is 4.81. The van der Waals surface area contributed by atoms with E-state index in [0.717, 1.165) is 38.0 Å². The second-order valence-electron chi connectivity index (χ2n) is 6.70. The molecule has 6 heteroatoms. The molecule has 1 fully saturated rings. The standard InChI is InChI=1S/C19H25N3O3/c1-14-5-6-15(12-20-14)10-16-4-3-9-22(13-16)19(23)8-7-17-11-18(24-2)21-25-17/h5-6,11-12,16H,3-4,7-10,13H2,1-2H3. The fraction of sp³-hybridized carbons (Fsp3) is 0.526. The van der Waals surface area contributed by atoms with Crippen molar-refractivity contribution < 1.29 is 14.1 Å². The molecule has 3 rings (SSSR count). The Morgan fingerprint density at radius 2 is 2.32 bits per heavy atom. The maximum atomic E-state index is 12.5. The summed E-state index contributed by atoms with van der Waals surface area (Å²) in [6, 6.07) is 5.92. The first kappa shape index (κ1) is 17.5. The monoisotopic (exact) mass is 343 g/mol. The van der Waals surface area contributed by atoms with E-state index in [0.29, 0.717) is 30.4 Å². The number of amides is 1. The average molecular weight is 343 g/mol. The molecule has 1 saturated heterocycles. The lowest BCUT2D eigenvalue weighted by Crippen LogP contribution is -2.40. The highest BCUT2D eigenvalue weighted by atomic mass is 16.5. The van der Waals surface area contributed by atoms with Gasteiger partial charge in [-0.3, -0.25) is 9.78 Å². The third-order valence-electron chi connectivity index (χ3n) is 4.70. The quantitative estimate of drug-likeness (QED) is 0.807. The molecule has 1 aliphatic heterocycles. The summed E-state index contributed by atoms with van der Waals surface area (Å²) in [4.78, 5) is 18.9. The highest BCUT2D eigenvalue weighted by Crippen LogP contribution is 2.22. The van der Waals surface area contributed by atoms with Crippen LogP contribution in [0.4, 0.5) is 0 Å². The summed E-state index contributed by atoms with van der Waals surface area (Å²) in [6.07, 6.45) is 6.15. The minimum atomic E-state index is 0.182. The van der Waals surface area contributed by atoms with Gasteiger partial charge in [0.05, 0.1) is 7.11 Å². The number of hydrogen-bond acceptors (Lipinski definition) is 5. The number of piperidine rings is 1. The van der Waals surface area contributed by atoms with E-state index in [-0.39, 0.29) is 5.91 Å². The molecule has 0 aromatic carbocycles. The van der Waals surface area contributed by atoms with Crippen molar-refractivity contribution in [1.82, 2.24) is 15.0 Å². The summed E-state index contributed by atoms with van der Waals surface area (Å²) >= 11 is 0. The fourth-order valence-corrected chi connectivity index (χ4v) is 3.31. The minimum absolute atomic E-state index is 0.182. The van der Waals surface area contributed by atoms with Gasteiger partial charge in [0.2, 0.25) is 5.91 Å². The number of pyridine rings is 1. The maximum absolute atomic E-state index is 12.5. The Hall–Kier alpha value is -2.37. The van der Waals surface area contributed by atoms with E-state index in [1.165, 1.54) is 5.56 Å². The summed E-state index contributed by atoms with van der Waals surface area (Å²) < 4.78 is 10.1. The lowest BCUT2D eigenvalue weighted by Gasteiger charge is -2.33. The van der Waals surface area contributed by atoms with Crippen molar-refractivity contribution in [3.63, 3.8) is 0 Å². The van der Waals surface area contributed by atoms with Crippen molar-refractivity contribution in [2.45, 2.75) is 39.0 Å². The average Bonchev–Trinajstić information content (AvgIpc) is 3.10. The molecular weight excluding hydrogens is 318 g/mol. The lowest BCUT2D eigenvalue weighted by atomic mass is 9.91. The van der Waals surface area contributed by atoms with Gasteiger partial charge in [-0.05, 0) is 48.9 Å². The number of rotatable bonds is 6. The molecule has 2 aromatic rings. The molecule has 134 valence electrons. The molecule has 0 radical (unpaired) electrons. The molecule has 0 N–H and O–H groups in total. The van der Waals surface area contributed by atoms with Crippen molar-refractivity contribution in [2.75, 3.05) is 20.2 Å². The molecule has 6 nitrogen and oxygen atoms in total. The minimum Gasteiger partial charge on any atom is -0.479 e. The number of aryl methyl sites for hydroxylation is 2. The van der Waals surface area contributed by atoms with Crippen molar-refractivity contribution in [1.29, 1.82) is 0 Å². The highest BCUT2D eigenvalue weighted by molar-refractivity contribution is 5.76. The topological polar surface area (TPSA) is 68.5 Å². The zero-order valence-corrected chi connectivity index (χ0v) is 14.9. The summed E-state index contributed by atoms with van der Waals surface area (Å²) in [6.45, 7) is 3.67. The van der Waals surface area contributed by atoms with Gasteiger partial charge < -0.3 is 14.2 Å². The smallest absolute Gasteiger partial charge is 0.254 e. The van der Waals surface area contributed by atoms with E-state index in [2.05, 4.69) is 16.2 Å². The van der Waals surface area contributed by atoms with Crippen LogP contribution in [0.5, 0.6) is 5.88 Å². The van der Waals surface area contributed by atoms with Crippen LogP contribution in [-0.4, -0.2) is 41.1 Å². The van der Waals surface area contributed by atoms with Gasteiger partial charge in [0.25, 0.3) is 5.88 Å². The second kappa shape index (κ2) is 8.14. The summed E-state index contributed by atoms with van der Waals surface area (Å²) in [5.41, 5.74) is 2.28. The van der Waals surface area contributed by atoms with Crippen LogP contribution in [0.3, 0.4) is 0 Å². The van der Waals surface area contributed by atoms with E-state index in [9.17, 15) is 4.79 Å². The Bertz CT molecular complexity index is 696. The Labute approximate surface area is 148 Å². The van der Waals surface area contributed by atoms with E-state index >= 15 is 0 Å². The third-order valence-corrected chi connectivity index (χ3v) is 4.70. The molecule has 0 spiro atoms. The van der Waals surface area contributed by atoms with Crippen LogP contribution < -0.4 is 4.74 Å². The van der Waals surface area contributed by atoms with E-state index in [1.54, 1.807) is 13.2 Å². The Kier molecular flexibility index (Phi) is 5.68. The van der Waals surface area contributed by atoms with Gasteiger partial charge in [-0.25, -0.2) is 0 Å². The Morgan fingerprint density at radius 1 is 1.44 bits per heavy atom. The Morgan fingerprint density at radius 3 is 3.04 bits per heavy atom. The molecule has 1 atom stereocenters. The van der Waals surface area contributed by atoms with Crippen LogP contribution in [0.1, 0.15) is 36.3 Å². The number of aromatic nitrogens is 2. The molecule has 0 saturated carbocycles. The zero-order chi connectivity index (χ0) is 17.6. The molecule has 25 heavy (non-hydrogen) atoms. The van der Waals surface area contributed by atoms with Gasteiger partial charge in [-0.1, -0.05) is 6.07 Å². The fourth-order valence-electron chi connectivity index (χ4n) is 3.31. The van der Waals surface area contributed by atoms with Crippen LogP contribution >= 0.6 is 0 Å². The predicted octanol–water partition coefficient (Wildman–Crippen LogP) is 2.80. The molecule has 3 heterocycles. The van der Waals surface area contributed by atoms with E-state index in [1.807, 2.05) is 24.1 Å². The summed E-state index contributed by atoms with van der Waals surface area (Å²) in [5, 5.41) is 3.76. The molecule has 2 aromatic heterocycles. The van der Waals surface area contributed by atoms with Crippen LogP contribution in [0.15, 0.2) is 28.9 Å². The summed E-state index contributed by atoms with van der Waals surface area (Å²) in [7, 11) is 1.55. The largest absolute Gasteiger partial charge is 0.479 e. The van der Waals surface area contributed by atoms with Gasteiger partial charge in [-0.15, -0.1) is 0 Å². The van der Waals surface area contributed by atoms with Gasteiger partial charge in [-0.2, -0.15) is 0 Å². The SMILES string of the molecule is COc1cc(CCC(=O)N2CCCC(Cc3ccc(C)nc3)C2)on1. The number of carbonyl (C=O) groups excluding carboxylic acids is 1. The van der Waals surface area contributed by atoms with E-state index < -0.39 is 0 Å². The number of likely N-dealkylation sites (tertiary alicyclic amines) is 1. The number of carbonyl (C=O) groups is 1. The van der Waals surface area contributed by atoms with Gasteiger partial charge >= 0.3 is 0 Å². The number of nitrogens with zero attached hydrogens (tertiary/aromatic N) is 3. The number of hydrogen-bond donors (Lipinski definition) is 0. The molecule has 1 amide bonds. The van der Waals surface area contributed by atoms with Gasteiger partial charge in [0, 0.05) is 43.9 Å². The van der Waals surface area contributed by atoms with Crippen LogP contribution in [-0.2, 0) is 17.6 Å². The zero-order valence-electron chi connectivity index (χ0n) is 14.9. The first-order valence-electron chi connectivity index (χ1n) is 8.83. The molecule has 1 unspecified atom stereocenters. The van der Waals surface area contributed by atoms with Crippen LogP contribution in [0.25, 0.3) is 0 Å². The number of methoxy groups -OCH3 is 1. The number of ether oxygens (including phenoxy) is 1. The van der Waals surface area contributed by atoms with Crippen LogP contribution in [0.2, 0.25) is 0 Å². The van der Waals surface area contributed by atoms with Crippen molar-refractivity contribution >= 4 is 5.91 Å². The maximum Gasteiger partial charge on any atom is 0.254 e. The highest BCUT2D eigenvalue weighted by Gasteiger charge is 2.24. The molecule has 0 aliphatic carbocycles. The first-order valence-corrected chi connectivity index (χ1v) is 8.83. The van der Waals surface area contributed by atoms with Crippen molar-refractivity contribution in [2.24, 2.45) is 5.92 Å². The predicted molar refractivity (Wildman–Crippen MR) is 93.4 cm³/mol. The van der Waals surface area contributed by atoms with Gasteiger partial charge in [0.15, 0.2) is 0 Å². The van der Waals surface area contributed by atoms with Crippen molar-refractivity contribution in [3.05, 3.63) is 41.4 Å². The first-order chi connectivity index (χ1) is 12.1. The lowest BCUT2D eigenvalue weighted by molar-refractivity contribution is -0.133. The van der Waals surface area contributed by atoms with Crippen LogP contribution in [0, 0.1) is 12.8 Å². The Balaban J connectivity index is 1.49. The molecular formula is C19H25N3O3.